The average Bonchev–Trinajstić information content (AvgIpc) is 3.16. The molecule has 4 rings (SSSR count). The van der Waals surface area contributed by atoms with E-state index in [-0.39, 0.29) is 5.91 Å². The van der Waals surface area contributed by atoms with Crippen molar-refractivity contribution in [1.82, 2.24) is 10.3 Å². The van der Waals surface area contributed by atoms with Gasteiger partial charge in [0.15, 0.2) is 0 Å². The summed E-state index contributed by atoms with van der Waals surface area (Å²) in [5.41, 5.74) is 3.64. The second kappa shape index (κ2) is 8.03. The number of nitrogens with one attached hydrogen (secondary N) is 1. The number of amides is 1. The van der Waals surface area contributed by atoms with Crippen LogP contribution in [-0.2, 0) is 6.42 Å². The van der Waals surface area contributed by atoms with Crippen LogP contribution < -0.4 is 5.32 Å². The lowest BCUT2D eigenvalue weighted by Gasteiger charge is -2.11. The van der Waals surface area contributed by atoms with Crippen LogP contribution in [-0.4, -0.2) is 17.4 Å². The summed E-state index contributed by atoms with van der Waals surface area (Å²) < 4.78 is 1.15. The van der Waals surface area contributed by atoms with E-state index in [1.807, 2.05) is 54.6 Å². The van der Waals surface area contributed by atoms with Gasteiger partial charge in [0, 0.05) is 24.1 Å². The summed E-state index contributed by atoms with van der Waals surface area (Å²) in [5, 5.41) is 13.4. The van der Waals surface area contributed by atoms with Gasteiger partial charge in [0.2, 0.25) is 0 Å². The lowest BCUT2D eigenvalue weighted by Crippen LogP contribution is -2.26. The van der Waals surface area contributed by atoms with Crippen molar-refractivity contribution >= 4 is 27.5 Å². The number of benzene rings is 3. The van der Waals surface area contributed by atoms with Gasteiger partial charge in [0.05, 0.1) is 26.9 Å². The molecule has 136 valence electrons. The molecule has 0 aliphatic carbocycles. The molecule has 4 nitrogen and oxygen atoms in total. The van der Waals surface area contributed by atoms with E-state index < -0.39 is 0 Å². The van der Waals surface area contributed by atoms with Crippen LogP contribution in [0.15, 0.2) is 72.8 Å². The molecule has 1 N–H and O–H groups in total. The Morgan fingerprint density at radius 3 is 2.50 bits per heavy atom. The standard InChI is InChI=1S/C23H17N3OS/c24-15-16-7-1-2-8-17(16)18-9-3-4-10-19(18)23(27)25-14-13-22-26-20-11-5-6-12-21(20)28-22/h1-12H,13-14H2,(H,25,27). The Morgan fingerprint density at radius 2 is 1.68 bits per heavy atom. The first-order chi connectivity index (χ1) is 13.8. The fraction of sp³-hybridized carbons (Fsp3) is 0.0870. The van der Waals surface area contributed by atoms with Gasteiger partial charge in [-0.2, -0.15) is 5.26 Å². The van der Waals surface area contributed by atoms with E-state index in [0.29, 0.717) is 24.1 Å². The van der Waals surface area contributed by atoms with Crippen LogP contribution in [0.25, 0.3) is 21.3 Å². The zero-order chi connectivity index (χ0) is 19.3. The summed E-state index contributed by atoms with van der Waals surface area (Å²) in [6.07, 6.45) is 0.683. The molecular weight excluding hydrogens is 366 g/mol. The smallest absolute Gasteiger partial charge is 0.251 e. The van der Waals surface area contributed by atoms with Crippen molar-refractivity contribution in [2.24, 2.45) is 0 Å². The van der Waals surface area contributed by atoms with E-state index in [2.05, 4.69) is 22.4 Å². The summed E-state index contributed by atoms with van der Waals surface area (Å²) >= 11 is 1.65. The van der Waals surface area contributed by atoms with Gasteiger partial charge in [-0.3, -0.25) is 4.79 Å². The molecule has 1 amide bonds. The number of hydrogen-bond donors (Lipinski definition) is 1. The highest BCUT2D eigenvalue weighted by Gasteiger charge is 2.14. The number of fused-ring (bicyclic) bond motifs is 1. The van der Waals surface area contributed by atoms with Crippen LogP contribution in [0.3, 0.4) is 0 Å². The minimum atomic E-state index is -0.149. The number of nitrogens with zero attached hydrogens (tertiary/aromatic N) is 2. The summed E-state index contributed by atoms with van der Waals surface area (Å²) in [6.45, 7) is 0.507. The molecule has 4 aromatic rings. The minimum absolute atomic E-state index is 0.149. The highest BCUT2D eigenvalue weighted by Crippen LogP contribution is 2.27. The van der Waals surface area contributed by atoms with Gasteiger partial charge in [0.1, 0.15) is 0 Å². The molecule has 0 spiro atoms. The lowest BCUT2D eigenvalue weighted by molar-refractivity contribution is 0.0955. The topological polar surface area (TPSA) is 65.8 Å². The van der Waals surface area contributed by atoms with E-state index >= 15 is 0 Å². The third-order valence-corrected chi connectivity index (χ3v) is 5.57. The van der Waals surface area contributed by atoms with Gasteiger partial charge < -0.3 is 5.32 Å². The maximum Gasteiger partial charge on any atom is 0.251 e. The molecule has 0 radical (unpaired) electrons. The van der Waals surface area contributed by atoms with Crippen molar-refractivity contribution in [2.45, 2.75) is 6.42 Å². The van der Waals surface area contributed by atoms with E-state index in [1.165, 1.54) is 0 Å². The number of hydrogen-bond acceptors (Lipinski definition) is 4. The minimum Gasteiger partial charge on any atom is -0.352 e. The molecule has 0 saturated heterocycles. The van der Waals surface area contributed by atoms with E-state index in [0.717, 1.165) is 26.4 Å². The van der Waals surface area contributed by atoms with Crippen LogP contribution in [0.5, 0.6) is 0 Å². The van der Waals surface area contributed by atoms with Gasteiger partial charge in [-0.05, 0) is 29.8 Å². The van der Waals surface area contributed by atoms with Gasteiger partial charge in [-0.1, -0.05) is 48.5 Å². The van der Waals surface area contributed by atoms with Crippen LogP contribution >= 0.6 is 11.3 Å². The van der Waals surface area contributed by atoms with Crippen LogP contribution in [0, 0.1) is 11.3 Å². The van der Waals surface area contributed by atoms with Crippen molar-refractivity contribution in [3.63, 3.8) is 0 Å². The number of para-hydroxylation sites is 1. The molecule has 0 aliphatic heterocycles. The largest absolute Gasteiger partial charge is 0.352 e. The first-order valence-electron chi connectivity index (χ1n) is 8.97. The molecule has 0 unspecified atom stereocenters. The molecule has 3 aromatic carbocycles. The molecule has 0 bridgehead atoms. The van der Waals surface area contributed by atoms with Gasteiger partial charge in [0.25, 0.3) is 5.91 Å². The first-order valence-corrected chi connectivity index (χ1v) is 9.79. The Balaban J connectivity index is 1.50. The molecule has 0 atom stereocenters. The van der Waals surface area contributed by atoms with E-state index in [9.17, 15) is 10.1 Å². The maximum atomic E-state index is 12.8. The van der Waals surface area contributed by atoms with Crippen molar-refractivity contribution in [3.05, 3.63) is 88.9 Å². The number of rotatable bonds is 5. The zero-order valence-electron chi connectivity index (χ0n) is 15.1. The highest BCUT2D eigenvalue weighted by molar-refractivity contribution is 7.18. The van der Waals surface area contributed by atoms with Gasteiger partial charge >= 0.3 is 0 Å². The predicted molar refractivity (Wildman–Crippen MR) is 112 cm³/mol. The Labute approximate surface area is 167 Å². The highest BCUT2D eigenvalue weighted by atomic mass is 32.1. The molecule has 0 aliphatic rings. The summed E-state index contributed by atoms with van der Waals surface area (Å²) in [6, 6.07) is 24.9. The predicted octanol–water partition coefficient (Wildman–Crippen LogP) is 4.81. The van der Waals surface area contributed by atoms with Crippen molar-refractivity contribution in [3.8, 4) is 17.2 Å². The van der Waals surface area contributed by atoms with Crippen molar-refractivity contribution in [1.29, 1.82) is 5.26 Å². The molecule has 0 fully saturated rings. The number of nitriles is 1. The Hall–Kier alpha value is -3.49. The van der Waals surface area contributed by atoms with E-state index in [4.69, 9.17) is 0 Å². The average molecular weight is 383 g/mol. The molecule has 0 saturated carbocycles. The van der Waals surface area contributed by atoms with Gasteiger partial charge in [-0.15, -0.1) is 11.3 Å². The normalized spacial score (nSPS) is 10.5. The fourth-order valence-corrected chi connectivity index (χ4v) is 4.10. The number of thiazole rings is 1. The summed E-state index contributed by atoms with van der Waals surface area (Å²) in [4.78, 5) is 17.4. The number of aromatic nitrogens is 1. The SMILES string of the molecule is N#Cc1ccccc1-c1ccccc1C(=O)NCCc1nc2ccccc2s1. The Kier molecular flexibility index (Phi) is 5.14. The molecule has 1 heterocycles. The number of carbonyl (C=O) groups excluding carboxylic acids is 1. The second-order valence-electron chi connectivity index (χ2n) is 6.28. The monoisotopic (exact) mass is 383 g/mol. The molecular formula is C23H17N3OS. The lowest BCUT2D eigenvalue weighted by atomic mass is 9.95. The van der Waals surface area contributed by atoms with Crippen LogP contribution in [0.1, 0.15) is 20.9 Å². The van der Waals surface area contributed by atoms with Crippen LogP contribution in [0.2, 0.25) is 0 Å². The Morgan fingerprint density at radius 1 is 0.964 bits per heavy atom. The van der Waals surface area contributed by atoms with Gasteiger partial charge in [-0.25, -0.2) is 4.98 Å². The second-order valence-corrected chi connectivity index (χ2v) is 7.40. The maximum absolute atomic E-state index is 12.8. The first kappa shape index (κ1) is 17.9. The molecule has 1 aromatic heterocycles. The Bertz CT molecular complexity index is 1160. The fourth-order valence-electron chi connectivity index (χ4n) is 3.14. The number of carbonyl (C=O) groups is 1. The van der Waals surface area contributed by atoms with Crippen molar-refractivity contribution in [2.75, 3.05) is 6.54 Å². The summed E-state index contributed by atoms with van der Waals surface area (Å²) in [7, 11) is 0. The zero-order valence-corrected chi connectivity index (χ0v) is 15.9. The van der Waals surface area contributed by atoms with Crippen molar-refractivity contribution < 1.29 is 4.79 Å². The van der Waals surface area contributed by atoms with Crippen LogP contribution in [0.4, 0.5) is 0 Å². The third kappa shape index (κ3) is 3.64. The quantitative estimate of drug-likeness (QED) is 0.538. The molecule has 28 heavy (non-hydrogen) atoms. The van der Waals surface area contributed by atoms with E-state index in [1.54, 1.807) is 23.5 Å². The third-order valence-electron chi connectivity index (χ3n) is 4.47. The summed E-state index contributed by atoms with van der Waals surface area (Å²) in [5.74, 6) is -0.149. The molecule has 5 heteroatoms.